The number of aromatic nitrogens is 5. The second-order valence-corrected chi connectivity index (χ2v) is 7.13. The van der Waals surface area contributed by atoms with E-state index >= 15 is 0 Å². The molecule has 4 heterocycles. The van der Waals surface area contributed by atoms with Gasteiger partial charge in [0.15, 0.2) is 5.75 Å². The van der Waals surface area contributed by atoms with Gasteiger partial charge in [0.2, 0.25) is 0 Å². The molecule has 5 rings (SSSR count). The zero-order valence-electron chi connectivity index (χ0n) is 17.3. The molecule has 0 saturated heterocycles. The van der Waals surface area contributed by atoms with Crippen molar-refractivity contribution in [2.45, 2.75) is 6.92 Å². The molecule has 2 N–H and O–H groups in total. The minimum atomic E-state index is -0.335. The van der Waals surface area contributed by atoms with Gasteiger partial charge in [0, 0.05) is 38.3 Å². The zero-order chi connectivity index (χ0) is 21.5. The quantitative estimate of drug-likeness (QED) is 0.435. The van der Waals surface area contributed by atoms with Crippen molar-refractivity contribution in [3.8, 4) is 11.8 Å². The first kappa shape index (κ1) is 19.0. The lowest BCUT2D eigenvalue weighted by Gasteiger charge is -2.17. The summed E-state index contributed by atoms with van der Waals surface area (Å²) in [5.41, 5.74) is 3.45. The van der Waals surface area contributed by atoms with Crippen molar-refractivity contribution in [3.05, 3.63) is 48.5 Å². The number of pyridine rings is 2. The van der Waals surface area contributed by atoms with Gasteiger partial charge >= 0.3 is 6.01 Å². The molecule has 0 spiro atoms. The molecule has 156 valence electrons. The van der Waals surface area contributed by atoms with Crippen LogP contribution in [-0.4, -0.2) is 45.6 Å². The highest BCUT2D eigenvalue weighted by molar-refractivity contribution is 6.14. The Labute approximate surface area is 177 Å². The number of halogens is 1. The summed E-state index contributed by atoms with van der Waals surface area (Å²) in [6.45, 7) is 2.72. The summed E-state index contributed by atoms with van der Waals surface area (Å²) in [5, 5.41) is 4.47. The number of aromatic amines is 1. The summed E-state index contributed by atoms with van der Waals surface area (Å²) < 4.78 is 20.2. The maximum Gasteiger partial charge on any atom is 0.326 e. The maximum atomic E-state index is 14.3. The van der Waals surface area contributed by atoms with Gasteiger partial charge in [-0.15, -0.1) is 0 Å². The van der Waals surface area contributed by atoms with Gasteiger partial charge in [0.25, 0.3) is 0 Å². The van der Waals surface area contributed by atoms with Crippen LogP contribution in [-0.2, 0) is 0 Å². The van der Waals surface area contributed by atoms with Crippen molar-refractivity contribution in [1.82, 2.24) is 24.9 Å². The van der Waals surface area contributed by atoms with Crippen molar-refractivity contribution >= 4 is 44.5 Å². The van der Waals surface area contributed by atoms with Gasteiger partial charge in [0.1, 0.15) is 17.3 Å². The van der Waals surface area contributed by atoms with Crippen LogP contribution in [0.3, 0.4) is 0 Å². The number of H-pyrrole nitrogens is 1. The van der Waals surface area contributed by atoms with Crippen molar-refractivity contribution in [1.29, 1.82) is 0 Å². The lowest BCUT2D eigenvalue weighted by Crippen LogP contribution is -2.18. The number of benzene rings is 1. The Morgan fingerprint density at radius 2 is 2.03 bits per heavy atom. The van der Waals surface area contributed by atoms with E-state index in [4.69, 9.17) is 4.74 Å². The number of ether oxygens (including phenoxy) is 1. The van der Waals surface area contributed by atoms with E-state index in [-0.39, 0.29) is 11.8 Å². The topological polar surface area (TPSA) is 91.8 Å². The van der Waals surface area contributed by atoms with Crippen LogP contribution in [0.25, 0.3) is 33.0 Å². The van der Waals surface area contributed by atoms with Crippen LogP contribution < -0.4 is 15.0 Å². The maximum absolute atomic E-state index is 14.3. The van der Waals surface area contributed by atoms with E-state index in [0.29, 0.717) is 40.3 Å². The standard InChI is InChI=1S/C22H20FN7O/c1-4-30(3)21-18-14-8-12(23)9-17(24-2)19(14)27-20(18)28-22(29-21)31-13-10-16-15(26-11-13)6-5-7-25-16/h5-11,24H,4H2,1-3H3,(H,27,28,29). The molecule has 31 heavy (non-hydrogen) atoms. The average Bonchev–Trinajstić information content (AvgIpc) is 3.15. The summed E-state index contributed by atoms with van der Waals surface area (Å²) in [7, 11) is 3.67. The highest BCUT2D eigenvalue weighted by Crippen LogP contribution is 2.36. The molecular weight excluding hydrogens is 397 g/mol. The predicted molar refractivity (Wildman–Crippen MR) is 119 cm³/mol. The lowest BCUT2D eigenvalue weighted by molar-refractivity contribution is 0.443. The largest absolute Gasteiger partial charge is 0.422 e. The van der Waals surface area contributed by atoms with Crippen LogP contribution in [0.4, 0.5) is 15.9 Å². The minimum Gasteiger partial charge on any atom is -0.422 e. The third kappa shape index (κ3) is 3.24. The molecular formula is C22H20FN7O. The van der Waals surface area contributed by atoms with E-state index in [1.165, 1.54) is 12.1 Å². The fraction of sp³-hybridized carbons (Fsp3) is 0.182. The van der Waals surface area contributed by atoms with Crippen molar-refractivity contribution in [2.75, 3.05) is 30.9 Å². The number of nitrogens with zero attached hydrogens (tertiary/aromatic N) is 5. The van der Waals surface area contributed by atoms with Crippen molar-refractivity contribution < 1.29 is 9.13 Å². The molecule has 9 heteroatoms. The van der Waals surface area contributed by atoms with Gasteiger partial charge in [-0.3, -0.25) is 9.97 Å². The van der Waals surface area contributed by atoms with E-state index < -0.39 is 0 Å². The molecule has 1 aromatic carbocycles. The second-order valence-electron chi connectivity index (χ2n) is 7.13. The molecule has 8 nitrogen and oxygen atoms in total. The molecule has 5 aromatic rings. The summed E-state index contributed by atoms with van der Waals surface area (Å²) >= 11 is 0. The average molecular weight is 417 g/mol. The lowest BCUT2D eigenvalue weighted by atomic mass is 10.1. The number of rotatable bonds is 5. The summed E-state index contributed by atoms with van der Waals surface area (Å²) in [4.78, 5) is 23.1. The summed E-state index contributed by atoms with van der Waals surface area (Å²) in [5.74, 6) is 0.792. The number of fused-ring (bicyclic) bond motifs is 4. The van der Waals surface area contributed by atoms with E-state index in [1.54, 1.807) is 25.5 Å². The third-order valence-corrected chi connectivity index (χ3v) is 5.23. The fourth-order valence-electron chi connectivity index (χ4n) is 3.59. The Kier molecular flexibility index (Phi) is 4.50. The molecule has 0 aliphatic carbocycles. The number of anilines is 2. The minimum absolute atomic E-state index is 0.165. The highest BCUT2D eigenvalue weighted by atomic mass is 19.1. The van der Waals surface area contributed by atoms with Gasteiger partial charge in [0.05, 0.1) is 33.8 Å². The molecule has 0 bridgehead atoms. The Bertz CT molecular complexity index is 1430. The molecule has 0 amide bonds. The molecule has 0 aliphatic rings. The fourth-order valence-corrected chi connectivity index (χ4v) is 3.59. The first-order valence-electron chi connectivity index (χ1n) is 9.88. The normalized spacial score (nSPS) is 11.4. The Morgan fingerprint density at radius 3 is 2.84 bits per heavy atom. The van der Waals surface area contributed by atoms with Crippen molar-refractivity contribution in [2.24, 2.45) is 0 Å². The van der Waals surface area contributed by atoms with Crippen LogP contribution in [0.5, 0.6) is 11.8 Å². The first-order valence-corrected chi connectivity index (χ1v) is 9.88. The van der Waals surface area contributed by atoms with Crippen LogP contribution in [0, 0.1) is 5.82 Å². The van der Waals surface area contributed by atoms with Crippen molar-refractivity contribution in [3.63, 3.8) is 0 Å². The first-order chi connectivity index (χ1) is 15.1. The summed E-state index contributed by atoms with van der Waals surface area (Å²) in [6, 6.07) is 8.60. The van der Waals surface area contributed by atoms with Gasteiger partial charge in [-0.05, 0) is 31.2 Å². The molecule has 0 fully saturated rings. The molecule has 0 radical (unpaired) electrons. The number of hydrogen-bond acceptors (Lipinski definition) is 7. The zero-order valence-corrected chi connectivity index (χ0v) is 17.3. The van der Waals surface area contributed by atoms with E-state index in [2.05, 4.69) is 30.2 Å². The van der Waals surface area contributed by atoms with E-state index in [1.807, 2.05) is 31.0 Å². The molecule has 0 atom stereocenters. The monoisotopic (exact) mass is 417 g/mol. The van der Waals surface area contributed by atoms with Gasteiger partial charge in [-0.1, -0.05) is 0 Å². The highest BCUT2D eigenvalue weighted by Gasteiger charge is 2.19. The van der Waals surface area contributed by atoms with E-state index in [0.717, 1.165) is 16.4 Å². The smallest absolute Gasteiger partial charge is 0.326 e. The Balaban J connectivity index is 1.69. The molecule has 0 saturated carbocycles. The Hall–Kier alpha value is -4.01. The molecule has 0 unspecified atom stereocenters. The third-order valence-electron chi connectivity index (χ3n) is 5.23. The Morgan fingerprint density at radius 1 is 1.16 bits per heavy atom. The van der Waals surface area contributed by atoms with Crippen LogP contribution in [0.1, 0.15) is 6.92 Å². The van der Waals surface area contributed by atoms with Gasteiger partial charge < -0.3 is 19.9 Å². The SMILES string of the molecule is CCN(C)c1nc(Oc2cnc3cccnc3c2)nc2[nH]c3c(NC)cc(F)cc3c12. The molecule has 0 aliphatic heterocycles. The number of nitrogens with one attached hydrogen (secondary N) is 2. The van der Waals surface area contributed by atoms with Gasteiger partial charge in [-0.2, -0.15) is 9.97 Å². The summed E-state index contributed by atoms with van der Waals surface area (Å²) in [6.07, 6.45) is 3.31. The van der Waals surface area contributed by atoms with Crippen LogP contribution in [0.15, 0.2) is 42.7 Å². The molecule has 4 aromatic heterocycles. The number of hydrogen-bond donors (Lipinski definition) is 2. The van der Waals surface area contributed by atoms with Crippen LogP contribution in [0.2, 0.25) is 0 Å². The van der Waals surface area contributed by atoms with E-state index in [9.17, 15) is 4.39 Å². The van der Waals surface area contributed by atoms with Gasteiger partial charge in [-0.25, -0.2) is 4.39 Å². The second kappa shape index (κ2) is 7.35. The van der Waals surface area contributed by atoms with Crippen LogP contribution >= 0.6 is 0 Å². The predicted octanol–water partition coefficient (Wildman–Crippen LogP) is 4.48.